The summed E-state index contributed by atoms with van der Waals surface area (Å²) in [5.74, 6) is 1.18. The van der Waals surface area contributed by atoms with Crippen molar-refractivity contribution in [1.82, 2.24) is 14.9 Å². The molecule has 0 bridgehead atoms. The van der Waals surface area contributed by atoms with Gasteiger partial charge in [0.05, 0.1) is 6.20 Å². The number of nitrogens with zero attached hydrogens (tertiary/aromatic N) is 5. The van der Waals surface area contributed by atoms with Crippen LogP contribution in [0.1, 0.15) is 19.3 Å². The van der Waals surface area contributed by atoms with Gasteiger partial charge in [0, 0.05) is 25.7 Å². The molecular formula is C19H21N5O2. The van der Waals surface area contributed by atoms with E-state index in [2.05, 4.69) is 9.97 Å². The number of hydrogen-bond donors (Lipinski definition) is 0. The molecule has 2 amide bonds. The molecule has 0 saturated carbocycles. The second-order valence-electron chi connectivity index (χ2n) is 6.63. The molecule has 26 heavy (non-hydrogen) atoms. The van der Waals surface area contributed by atoms with E-state index in [-0.39, 0.29) is 6.03 Å². The fourth-order valence-electron chi connectivity index (χ4n) is 3.57. The van der Waals surface area contributed by atoms with Crippen LogP contribution in [0.2, 0.25) is 0 Å². The van der Waals surface area contributed by atoms with Crippen molar-refractivity contribution in [2.75, 3.05) is 29.9 Å². The van der Waals surface area contributed by atoms with E-state index in [0.29, 0.717) is 17.3 Å². The summed E-state index contributed by atoms with van der Waals surface area (Å²) in [6.07, 6.45) is 4.87. The fourth-order valence-corrected chi connectivity index (χ4v) is 3.57. The van der Waals surface area contributed by atoms with Crippen molar-refractivity contribution in [1.29, 1.82) is 0 Å². The molecule has 1 atom stereocenters. The van der Waals surface area contributed by atoms with Crippen molar-refractivity contribution in [3.8, 4) is 11.4 Å². The maximum Gasteiger partial charge on any atom is 0.326 e. The van der Waals surface area contributed by atoms with Crippen molar-refractivity contribution >= 4 is 23.8 Å². The van der Waals surface area contributed by atoms with Crippen LogP contribution < -0.4 is 9.80 Å². The molecule has 134 valence electrons. The number of likely N-dealkylation sites (tertiary alicyclic amines) is 1. The minimum absolute atomic E-state index is 0.150. The molecule has 1 aromatic carbocycles. The van der Waals surface area contributed by atoms with Crippen molar-refractivity contribution in [2.45, 2.75) is 25.4 Å². The molecule has 3 heterocycles. The Hall–Kier alpha value is -2.96. The van der Waals surface area contributed by atoms with Crippen LogP contribution in [0.3, 0.4) is 0 Å². The highest BCUT2D eigenvalue weighted by atomic mass is 16.2. The van der Waals surface area contributed by atoms with E-state index in [1.54, 1.807) is 18.1 Å². The predicted octanol–water partition coefficient (Wildman–Crippen LogP) is 2.53. The molecule has 1 unspecified atom stereocenters. The second-order valence-corrected chi connectivity index (χ2v) is 6.63. The van der Waals surface area contributed by atoms with E-state index in [0.717, 1.165) is 44.2 Å². The van der Waals surface area contributed by atoms with Gasteiger partial charge in [0.1, 0.15) is 5.69 Å². The lowest BCUT2D eigenvalue weighted by Gasteiger charge is -2.33. The van der Waals surface area contributed by atoms with Gasteiger partial charge in [0.25, 0.3) is 0 Å². The summed E-state index contributed by atoms with van der Waals surface area (Å²) in [5, 5.41) is 0. The molecule has 0 N–H and O–H groups in total. The fraction of sp³-hybridized carbons (Fsp3) is 0.368. The number of aromatic nitrogens is 2. The molecule has 0 radical (unpaired) electrons. The van der Waals surface area contributed by atoms with Gasteiger partial charge in [-0.05, 0) is 19.3 Å². The number of fused-ring (bicyclic) bond motifs is 1. The number of carbonyl (C=O) groups is 2. The van der Waals surface area contributed by atoms with Gasteiger partial charge in [0.15, 0.2) is 24.1 Å². The van der Waals surface area contributed by atoms with Crippen molar-refractivity contribution in [3.63, 3.8) is 0 Å². The van der Waals surface area contributed by atoms with Crippen molar-refractivity contribution in [2.24, 2.45) is 0 Å². The lowest BCUT2D eigenvalue weighted by molar-refractivity contribution is -0.108. The highest BCUT2D eigenvalue weighted by molar-refractivity contribution is 6.03. The zero-order chi connectivity index (χ0) is 18.1. The first-order valence-corrected chi connectivity index (χ1v) is 8.89. The first-order valence-electron chi connectivity index (χ1n) is 8.89. The van der Waals surface area contributed by atoms with Crippen LogP contribution in [0.5, 0.6) is 0 Å². The molecule has 7 nitrogen and oxygen atoms in total. The second kappa shape index (κ2) is 6.74. The molecule has 1 saturated heterocycles. The average molecular weight is 351 g/mol. The van der Waals surface area contributed by atoms with E-state index < -0.39 is 6.17 Å². The van der Waals surface area contributed by atoms with Gasteiger partial charge in [-0.15, -0.1) is 0 Å². The first-order chi connectivity index (χ1) is 12.7. The summed E-state index contributed by atoms with van der Waals surface area (Å²) in [5.41, 5.74) is 1.48. The average Bonchev–Trinajstić information content (AvgIpc) is 3.00. The summed E-state index contributed by atoms with van der Waals surface area (Å²) >= 11 is 0. The van der Waals surface area contributed by atoms with E-state index in [1.807, 2.05) is 35.2 Å². The Morgan fingerprint density at radius 2 is 1.88 bits per heavy atom. The molecule has 4 rings (SSSR count). The lowest BCUT2D eigenvalue weighted by atomic mass is 10.1. The summed E-state index contributed by atoms with van der Waals surface area (Å²) in [6, 6.07) is 9.51. The minimum atomic E-state index is -0.695. The van der Waals surface area contributed by atoms with Crippen LogP contribution >= 0.6 is 0 Å². The lowest BCUT2D eigenvalue weighted by Crippen LogP contribution is -2.52. The standard InChI is InChI=1S/C19H21N5O2/c1-22-16(13-25)24(19(26)23-10-6-3-7-11-23)15-12-20-17(21-18(15)22)14-8-4-2-5-9-14/h2,4-5,8-9,12-13,16H,3,6-7,10-11H2,1H3. The number of aldehydes is 1. The third kappa shape index (κ3) is 2.69. The Balaban J connectivity index is 1.71. The Labute approximate surface area is 152 Å². The van der Waals surface area contributed by atoms with Gasteiger partial charge < -0.3 is 9.80 Å². The van der Waals surface area contributed by atoms with Crippen LogP contribution in [0.4, 0.5) is 16.3 Å². The van der Waals surface area contributed by atoms with Crippen LogP contribution in [0, 0.1) is 0 Å². The summed E-state index contributed by atoms with van der Waals surface area (Å²) in [6.45, 7) is 1.45. The van der Waals surface area contributed by atoms with Gasteiger partial charge in [-0.1, -0.05) is 30.3 Å². The number of likely N-dealkylation sites (N-methyl/N-ethyl adjacent to an activating group) is 1. The quantitative estimate of drug-likeness (QED) is 0.778. The summed E-state index contributed by atoms with van der Waals surface area (Å²) in [7, 11) is 1.78. The molecule has 0 spiro atoms. The number of urea groups is 1. The Kier molecular flexibility index (Phi) is 4.28. The number of benzene rings is 1. The Bertz CT molecular complexity index is 820. The van der Waals surface area contributed by atoms with Crippen molar-refractivity contribution in [3.05, 3.63) is 36.5 Å². The number of piperidine rings is 1. The number of carbonyl (C=O) groups excluding carboxylic acids is 2. The molecule has 2 aliphatic heterocycles. The van der Waals surface area contributed by atoms with Gasteiger partial charge in [-0.25, -0.2) is 14.8 Å². The molecule has 7 heteroatoms. The van der Waals surface area contributed by atoms with Crippen molar-refractivity contribution < 1.29 is 9.59 Å². The normalized spacial score (nSPS) is 19.4. The SMILES string of the molecule is CN1c2nc(-c3ccccc3)ncc2N(C(=O)N2CCCCC2)C1C=O. The van der Waals surface area contributed by atoms with E-state index >= 15 is 0 Å². The zero-order valence-electron chi connectivity index (χ0n) is 14.7. The van der Waals surface area contributed by atoms with Gasteiger partial charge >= 0.3 is 6.03 Å². The Morgan fingerprint density at radius 3 is 2.58 bits per heavy atom. The molecule has 2 aromatic rings. The maximum atomic E-state index is 13.0. The highest BCUT2D eigenvalue weighted by Crippen LogP contribution is 2.38. The van der Waals surface area contributed by atoms with E-state index in [1.165, 1.54) is 4.90 Å². The van der Waals surface area contributed by atoms with Crippen LogP contribution in [-0.2, 0) is 4.79 Å². The summed E-state index contributed by atoms with van der Waals surface area (Å²) < 4.78 is 0. The highest BCUT2D eigenvalue weighted by Gasteiger charge is 2.41. The molecule has 2 aliphatic rings. The monoisotopic (exact) mass is 351 g/mol. The Morgan fingerprint density at radius 1 is 1.15 bits per heavy atom. The van der Waals surface area contributed by atoms with Crippen LogP contribution in [0.15, 0.2) is 36.5 Å². The summed E-state index contributed by atoms with van der Waals surface area (Å²) in [4.78, 5) is 38.9. The van der Waals surface area contributed by atoms with E-state index in [9.17, 15) is 9.59 Å². The number of amides is 2. The smallest absolute Gasteiger partial charge is 0.326 e. The molecular weight excluding hydrogens is 330 g/mol. The molecule has 0 aliphatic carbocycles. The zero-order valence-corrected chi connectivity index (χ0v) is 14.7. The number of rotatable bonds is 2. The minimum Gasteiger partial charge on any atom is -0.331 e. The predicted molar refractivity (Wildman–Crippen MR) is 99.0 cm³/mol. The van der Waals surface area contributed by atoms with Gasteiger partial charge in [0.2, 0.25) is 0 Å². The molecule has 1 aromatic heterocycles. The third-order valence-electron chi connectivity index (χ3n) is 4.99. The van der Waals surface area contributed by atoms with E-state index in [4.69, 9.17) is 0 Å². The maximum absolute atomic E-state index is 13.0. The number of hydrogen-bond acceptors (Lipinski definition) is 5. The third-order valence-corrected chi connectivity index (χ3v) is 4.99. The van der Waals surface area contributed by atoms with Crippen LogP contribution in [-0.4, -0.2) is 53.5 Å². The van der Waals surface area contributed by atoms with Gasteiger partial charge in [-0.2, -0.15) is 0 Å². The van der Waals surface area contributed by atoms with Crippen LogP contribution in [0.25, 0.3) is 11.4 Å². The largest absolute Gasteiger partial charge is 0.331 e. The number of anilines is 2. The topological polar surface area (TPSA) is 69.6 Å². The first kappa shape index (κ1) is 16.5. The molecule has 1 fully saturated rings. The van der Waals surface area contributed by atoms with Gasteiger partial charge in [-0.3, -0.25) is 9.69 Å².